The summed E-state index contributed by atoms with van der Waals surface area (Å²) in [7, 11) is 5.21. The van der Waals surface area contributed by atoms with Gasteiger partial charge in [0.2, 0.25) is 11.7 Å². The van der Waals surface area contributed by atoms with Crippen LogP contribution in [0, 0.1) is 0 Å². The van der Waals surface area contributed by atoms with Crippen molar-refractivity contribution >= 4 is 23.8 Å². The molecule has 1 atom stereocenters. The normalized spacial score (nSPS) is 10.9. The molecule has 0 aliphatic carbocycles. The minimum Gasteiger partial charge on any atom is -0.493 e. The van der Waals surface area contributed by atoms with Gasteiger partial charge < -0.3 is 34.3 Å². The number of alkyl carbamates (subject to hydrolysis) is 1. The molecule has 2 amide bonds. The number of Topliss-reactive ketones (excluding diaryl/α,β-unsaturated/α-hetero) is 1. The van der Waals surface area contributed by atoms with Crippen molar-refractivity contribution in [1.82, 2.24) is 10.6 Å². The first-order chi connectivity index (χ1) is 16.3. The summed E-state index contributed by atoms with van der Waals surface area (Å²) in [6.45, 7) is -0.525. The smallest absolute Gasteiger partial charge is 0.407 e. The number of amides is 2. The van der Waals surface area contributed by atoms with Crippen molar-refractivity contribution in [3.63, 3.8) is 0 Å². The Hall–Kier alpha value is -4.28. The number of carbonyl (C=O) groups excluding carboxylic acids is 4. The molecule has 2 aromatic carbocycles. The first-order valence-corrected chi connectivity index (χ1v) is 10.0. The maximum atomic E-state index is 13.0. The highest BCUT2D eigenvalue weighted by Gasteiger charge is 2.32. The minimum absolute atomic E-state index is 0.000398. The van der Waals surface area contributed by atoms with Crippen LogP contribution in [0.5, 0.6) is 17.2 Å². The van der Waals surface area contributed by atoms with Crippen molar-refractivity contribution in [3.05, 3.63) is 53.6 Å². The van der Waals surface area contributed by atoms with Gasteiger partial charge in [-0.15, -0.1) is 0 Å². The predicted molar refractivity (Wildman–Crippen MR) is 119 cm³/mol. The highest BCUT2D eigenvalue weighted by atomic mass is 16.5. The van der Waals surface area contributed by atoms with E-state index in [1.807, 2.05) is 6.07 Å². The second kappa shape index (κ2) is 12.7. The molecule has 1 unspecified atom stereocenters. The van der Waals surface area contributed by atoms with E-state index < -0.39 is 36.3 Å². The number of benzene rings is 2. The van der Waals surface area contributed by atoms with E-state index in [4.69, 9.17) is 18.9 Å². The van der Waals surface area contributed by atoms with Gasteiger partial charge in [0.05, 0.1) is 28.4 Å². The Morgan fingerprint density at radius 1 is 0.882 bits per heavy atom. The van der Waals surface area contributed by atoms with Gasteiger partial charge in [-0.1, -0.05) is 30.3 Å². The summed E-state index contributed by atoms with van der Waals surface area (Å²) in [6, 6.07) is 9.96. The summed E-state index contributed by atoms with van der Waals surface area (Å²) in [5, 5.41) is 4.50. The number of rotatable bonds is 11. The van der Waals surface area contributed by atoms with Crippen molar-refractivity contribution in [3.8, 4) is 17.2 Å². The SMILES string of the molecule is COC(=O)C(NC(=O)CNC(=O)OCc1ccccc1)C(=O)c1cc(OC)c(OC)c(OC)c1. The van der Waals surface area contributed by atoms with Crippen LogP contribution in [-0.4, -0.2) is 64.8 Å². The van der Waals surface area contributed by atoms with Crippen LogP contribution >= 0.6 is 0 Å². The molecule has 182 valence electrons. The van der Waals surface area contributed by atoms with Crippen molar-refractivity contribution in [1.29, 1.82) is 0 Å². The fourth-order valence-electron chi connectivity index (χ4n) is 2.88. The molecule has 0 aromatic heterocycles. The minimum atomic E-state index is -1.68. The monoisotopic (exact) mass is 474 g/mol. The lowest BCUT2D eigenvalue weighted by Crippen LogP contribution is -2.50. The number of nitrogens with one attached hydrogen (secondary N) is 2. The van der Waals surface area contributed by atoms with E-state index in [0.29, 0.717) is 0 Å². The van der Waals surface area contributed by atoms with Gasteiger partial charge in [0.15, 0.2) is 23.3 Å². The summed E-state index contributed by atoms with van der Waals surface area (Å²) in [4.78, 5) is 49.4. The Morgan fingerprint density at radius 2 is 1.50 bits per heavy atom. The third-order valence-electron chi connectivity index (χ3n) is 4.56. The first-order valence-electron chi connectivity index (χ1n) is 10.0. The average Bonchev–Trinajstić information content (AvgIpc) is 2.87. The zero-order chi connectivity index (χ0) is 25.1. The number of esters is 1. The zero-order valence-corrected chi connectivity index (χ0v) is 19.2. The molecule has 0 heterocycles. The largest absolute Gasteiger partial charge is 0.493 e. The highest BCUT2D eigenvalue weighted by Crippen LogP contribution is 2.38. The lowest BCUT2D eigenvalue weighted by Gasteiger charge is -2.18. The topological polar surface area (TPSA) is 138 Å². The van der Waals surface area contributed by atoms with Gasteiger partial charge in [-0.3, -0.25) is 9.59 Å². The summed E-state index contributed by atoms with van der Waals surface area (Å²) in [6.07, 6.45) is -0.843. The van der Waals surface area contributed by atoms with Gasteiger partial charge in [-0.25, -0.2) is 9.59 Å². The molecule has 11 nitrogen and oxygen atoms in total. The summed E-state index contributed by atoms with van der Waals surface area (Å²) in [5.41, 5.74) is 0.768. The molecule has 0 spiro atoms. The van der Waals surface area contributed by atoms with Gasteiger partial charge in [0, 0.05) is 5.56 Å². The lowest BCUT2D eigenvalue weighted by molar-refractivity contribution is -0.143. The van der Waals surface area contributed by atoms with Crippen LogP contribution in [0.1, 0.15) is 15.9 Å². The van der Waals surface area contributed by atoms with Crippen LogP contribution in [0.3, 0.4) is 0 Å². The number of ketones is 1. The molecule has 2 aromatic rings. The number of ether oxygens (including phenoxy) is 5. The molecule has 0 bridgehead atoms. The Labute approximate surface area is 196 Å². The summed E-state index contributed by atoms with van der Waals surface area (Å²) < 4.78 is 25.3. The molecule has 0 aliphatic rings. The van der Waals surface area contributed by atoms with Gasteiger partial charge in [-0.05, 0) is 17.7 Å². The quantitative estimate of drug-likeness (QED) is 0.282. The van der Waals surface area contributed by atoms with Crippen molar-refractivity contribution < 1.29 is 42.9 Å². The molecular formula is C23H26N2O9. The third-order valence-corrected chi connectivity index (χ3v) is 4.56. The van der Waals surface area contributed by atoms with E-state index in [1.54, 1.807) is 24.3 Å². The lowest BCUT2D eigenvalue weighted by atomic mass is 10.0. The maximum absolute atomic E-state index is 13.0. The van der Waals surface area contributed by atoms with E-state index in [1.165, 1.54) is 33.5 Å². The maximum Gasteiger partial charge on any atom is 0.407 e. The van der Waals surface area contributed by atoms with Gasteiger partial charge in [0.1, 0.15) is 13.2 Å². The molecule has 0 radical (unpaired) electrons. The summed E-state index contributed by atoms with van der Waals surface area (Å²) >= 11 is 0. The number of carbonyl (C=O) groups is 4. The van der Waals surface area contributed by atoms with Crippen molar-refractivity contribution in [2.24, 2.45) is 0 Å². The highest BCUT2D eigenvalue weighted by molar-refractivity contribution is 6.14. The molecule has 0 saturated heterocycles. The van der Waals surface area contributed by atoms with E-state index >= 15 is 0 Å². The van der Waals surface area contributed by atoms with Crippen LogP contribution in [0.25, 0.3) is 0 Å². The Morgan fingerprint density at radius 3 is 2.03 bits per heavy atom. The number of methoxy groups -OCH3 is 4. The molecule has 2 N–H and O–H groups in total. The van der Waals surface area contributed by atoms with E-state index in [2.05, 4.69) is 15.4 Å². The van der Waals surface area contributed by atoms with Crippen LogP contribution in [-0.2, 0) is 25.7 Å². The van der Waals surface area contributed by atoms with Crippen LogP contribution in [0.2, 0.25) is 0 Å². The second-order valence-electron chi connectivity index (χ2n) is 6.72. The van der Waals surface area contributed by atoms with Crippen LogP contribution in [0.15, 0.2) is 42.5 Å². The van der Waals surface area contributed by atoms with Crippen molar-refractivity contribution in [2.75, 3.05) is 35.0 Å². The van der Waals surface area contributed by atoms with Crippen LogP contribution in [0.4, 0.5) is 4.79 Å². The Bertz CT molecular complexity index is 999. The van der Waals surface area contributed by atoms with Gasteiger partial charge >= 0.3 is 12.1 Å². The second-order valence-corrected chi connectivity index (χ2v) is 6.72. The molecule has 2 rings (SSSR count). The average molecular weight is 474 g/mol. The molecule has 0 saturated carbocycles. The van der Waals surface area contributed by atoms with E-state index in [9.17, 15) is 19.2 Å². The van der Waals surface area contributed by atoms with Gasteiger partial charge in [0.25, 0.3) is 0 Å². The van der Waals surface area contributed by atoms with Crippen molar-refractivity contribution in [2.45, 2.75) is 12.6 Å². The predicted octanol–water partition coefficient (Wildman–Crippen LogP) is 1.48. The van der Waals surface area contributed by atoms with Gasteiger partial charge in [-0.2, -0.15) is 0 Å². The van der Waals surface area contributed by atoms with Crippen LogP contribution < -0.4 is 24.8 Å². The molecular weight excluding hydrogens is 448 g/mol. The summed E-state index contributed by atoms with van der Waals surface area (Å²) in [5.74, 6) is -1.98. The van der Waals surface area contributed by atoms with E-state index in [-0.39, 0.29) is 29.4 Å². The van der Waals surface area contributed by atoms with E-state index in [0.717, 1.165) is 12.7 Å². The zero-order valence-electron chi connectivity index (χ0n) is 19.2. The third kappa shape index (κ3) is 6.86. The molecule has 11 heteroatoms. The fraction of sp³-hybridized carbons (Fsp3) is 0.304. The first kappa shape index (κ1) is 26.0. The molecule has 0 fully saturated rings. The Kier molecular flexibility index (Phi) is 9.69. The number of hydrogen-bond acceptors (Lipinski definition) is 9. The molecule has 34 heavy (non-hydrogen) atoms. The fourth-order valence-corrected chi connectivity index (χ4v) is 2.88. The molecule has 0 aliphatic heterocycles. The number of hydrogen-bond donors (Lipinski definition) is 2. The standard InChI is InChI=1S/C23H26N2O9/c1-30-16-10-15(11-17(31-2)21(16)32-3)20(27)19(22(28)33-4)25-18(26)12-24-23(29)34-13-14-8-6-5-7-9-14/h5-11,19H,12-13H2,1-4H3,(H,24,29)(H,25,26). The Balaban J connectivity index is 2.06.